The van der Waals surface area contributed by atoms with Crippen molar-refractivity contribution in [2.45, 2.75) is 38.0 Å². The Balaban J connectivity index is 1.89. The van der Waals surface area contributed by atoms with Gasteiger partial charge in [-0.2, -0.15) is 0 Å². The summed E-state index contributed by atoms with van der Waals surface area (Å²) in [5.74, 6) is 1.64. The first-order chi connectivity index (χ1) is 8.99. The van der Waals surface area contributed by atoms with Crippen LogP contribution in [0, 0.1) is 19.8 Å². The fourth-order valence-electron chi connectivity index (χ4n) is 2.52. The largest absolute Gasteiger partial charge is 0.465 e. The normalized spacial score (nSPS) is 20.6. The van der Waals surface area contributed by atoms with Gasteiger partial charge in [-0.15, -0.1) is 0 Å². The van der Waals surface area contributed by atoms with E-state index >= 15 is 0 Å². The van der Waals surface area contributed by atoms with Crippen LogP contribution in [0.25, 0.3) is 0 Å². The molecule has 19 heavy (non-hydrogen) atoms. The molecule has 2 N–H and O–H groups in total. The van der Waals surface area contributed by atoms with Crippen LogP contribution in [0.4, 0.5) is 0 Å². The number of sulfonamides is 1. The summed E-state index contributed by atoms with van der Waals surface area (Å²) in [4.78, 5) is 0.256. The first kappa shape index (κ1) is 14.6. The molecule has 2 heterocycles. The van der Waals surface area contributed by atoms with Crippen LogP contribution in [0.5, 0.6) is 0 Å². The predicted molar refractivity (Wildman–Crippen MR) is 73.6 cm³/mol. The first-order valence-electron chi connectivity index (χ1n) is 6.76. The van der Waals surface area contributed by atoms with Gasteiger partial charge in [-0.3, -0.25) is 0 Å². The molecule has 0 spiro atoms. The van der Waals surface area contributed by atoms with E-state index in [0.717, 1.165) is 19.5 Å². The molecule has 1 saturated heterocycles. The van der Waals surface area contributed by atoms with Crippen molar-refractivity contribution < 1.29 is 12.8 Å². The van der Waals surface area contributed by atoms with Crippen molar-refractivity contribution in [2.24, 2.45) is 5.92 Å². The van der Waals surface area contributed by atoms with E-state index in [4.69, 9.17) is 4.42 Å². The van der Waals surface area contributed by atoms with Gasteiger partial charge in [0.05, 0.1) is 0 Å². The Hall–Kier alpha value is -0.850. The van der Waals surface area contributed by atoms with Gasteiger partial charge in [0.15, 0.2) is 0 Å². The van der Waals surface area contributed by atoms with E-state index < -0.39 is 10.0 Å². The summed E-state index contributed by atoms with van der Waals surface area (Å²) in [7, 11) is -3.44. The van der Waals surface area contributed by atoms with Crippen LogP contribution in [-0.4, -0.2) is 28.1 Å². The van der Waals surface area contributed by atoms with E-state index in [1.807, 2.05) is 0 Å². The summed E-state index contributed by atoms with van der Waals surface area (Å²) in [6.45, 7) is 5.98. The molecule has 0 bridgehead atoms. The number of furan rings is 1. The van der Waals surface area contributed by atoms with Crippen LogP contribution in [-0.2, 0) is 10.0 Å². The average Bonchev–Trinajstić information content (AvgIpc) is 2.70. The monoisotopic (exact) mass is 286 g/mol. The fourth-order valence-corrected chi connectivity index (χ4v) is 3.80. The minimum Gasteiger partial charge on any atom is -0.465 e. The lowest BCUT2D eigenvalue weighted by molar-refractivity contribution is 0.358. The van der Waals surface area contributed by atoms with Gasteiger partial charge in [0, 0.05) is 6.54 Å². The van der Waals surface area contributed by atoms with Gasteiger partial charge in [0.25, 0.3) is 0 Å². The average molecular weight is 286 g/mol. The van der Waals surface area contributed by atoms with Crippen molar-refractivity contribution in [1.82, 2.24) is 10.0 Å². The summed E-state index contributed by atoms with van der Waals surface area (Å²) in [6.07, 6.45) is 3.23. The number of hydrogen-bond acceptors (Lipinski definition) is 4. The van der Waals surface area contributed by atoms with Gasteiger partial charge in [0.1, 0.15) is 16.4 Å². The Morgan fingerprint density at radius 3 is 2.84 bits per heavy atom. The van der Waals surface area contributed by atoms with Crippen molar-refractivity contribution in [2.75, 3.05) is 19.6 Å². The maximum absolute atomic E-state index is 12.1. The molecule has 0 radical (unpaired) electrons. The molecule has 108 valence electrons. The van der Waals surface area contributed by atoms with Gasteiger partial charge >= 0.3 is 0 Å². The van der Waals surface area contributed by atoms with Crippen LogP contribution in [0.15, 0.2) is 15.4 Å². The molecule has 0 amide bonds. The minimum absolute atomic E-state index is 0.256. The van der Waals surface area contributed by atoms with Gasteiger partial charge in [-0.05, 0) is 58.2 Å². The highest BCUT2D eigenvalue weighted by atomic mass is 32.2. The molecule has 1 atom stereocenters. The molecule has 1 aliphatic heterocycles. The molecule has 1 aliphatic rings. The van der Waals surface area contributed by atoms with Gasteiger partial charge in [0.2, 0.25) is 10.0 Å². The molecule has 1 aromatic rings. The number of rotatable bonds is 5. The quantitative estimate of drug-likeness (QED) is 0.862. The molecule has 1 unspecified atom stereocenters. The Morgan fingerprint density at radius 2 is 2.26 bits per heavy atom. The van der Waals surface area contributed by atoms with Crippen LogP contribution in [0.3, 0.4) is 0 Å². The number of piperidine rings is 1. The topological polar surface area (TPSA) is 71.3 Å². The molecule has 0 aromatic carbocycles. The standard InChI is InChI=1S/C13H22N2O3S/c1-10-8-13(11(2)18-10)19(16,17)15-7-5-12-4-3-6-14-9-12/h8,12,14-15H,3-7,9H2,1-2H3. The van der Waals surface area contributed by atoms with Crippen molar-refractivity contribution >= 4 is 10.0 Å². The van der Waals surface area contributed by atoms with Crippen molar-refractivity contribution in [3.05, 3.63) is 17.6 Å². The minimum atomic E-state index is -3.44. The van der Waals surface area contributed by atoms with Crippen LogP contribution in [0.2, 0.25) is 0 Å². The lowest BCUT2D eigenvalue weighted by Crippen LogP contribution is -2.33. The van der Waals surface area contributed by atoms with Crippen LogP contribution in [0.1, 0.15) is 30.8 Å². The Bertz CT molecular complexity index is 516. The van der Waals surface area contributed by atoms with Gasteiger partial charge < -0.3 is 9.73 Å². The SMILES string of the molecule is Cc1cc(S(=O)(=O)NCCC2CCCNC2)c(C)o1. The predicted octanol–water partition coefficient (Wildman–Crippen LogP) is 1.56. The zero-order valence-electron chi connectivity index (χ0n) is 11.5. The van der Waals surface area contributed by atoms with E-state index in [-0.39, 0.29) is 4.90 Å². The number of nitrogens with one attached hydrogen (secondary N) is 2. The number of hydrogen-bond donors (Lipinski definition) is 2. The van der Waals surface area contributed by atoms with Crippen LogP contribution < -0.4 is 10.0 Å². The summed E-state index contributed by atoms with van der Waals surface area (Å²) in [5, 5.41) is 3.33. The Labute approximate surface area is 114 Å². The maximum Gasteiger partial charge on any atom is 0.244 e. The summed E-state index contributed by atoms with van der Waals surface area (Å²) >= 11 is 0. The third kappa shape index (κ3) is 3.81. The zero-order valence-corrected chi connectivity index (χ0v) is 12.3. The zero-order chi connectivity index (χ0) is 13.9. The molecule has 0 aliphatic carbocycles. The molecule has 1 fully saturated rings. The van der Waals surface area contributed by atoms with E-state index in [1.165, 1.54) is 12.8 Å². The lowest BCUT2D eigenvalue weighted by Gasteiger charge is -2.22. The van der Waals surface area contributed by atoms with Crippen LogP contribution >= 0.6 is 0 Å². The molecular formula is C13H22N2O3S. The smallest absolute Gasteiger partial charge is 0.244 e. The Kier molecular flexibility index (Phi) is 4.65. The van der Waals surface area contributed by atoms with E-state index in [1.54, 1.807) is 19.9 Å². The molecule has 1 aromatic heterocycles. The number of aryl methyl sites for hydroxylation is 2. The fraction of sp³-hybridized carbons (Fsp3) is 0.692. The molecular weight excluding hydrogens is 264 g/mol. The summed E-state index contributed by atoms with van der Waals surface area (Å²) in [5.41, 5.74) is 0. The van der Waals surface area contributed by atoms with Gasteiger partial charge in [-0.1, -0.05) is 0 Å². The van der Waals surface area contributed by atoms with Crippen molar-refractivity contribution in [3.8, 4) is 0 Å². The second-order valence-corrected chi connectivity index (χ2v) is 6.91. The molecule has 6 heteroatoms. The Morgan fingerprint density at radius 1 is 1.47 bits per heavy atom. The van der Waals surface area contributed by atoms with Crippen molar-refractivity contribution in [3.63, 3.8) is 0 Å². The second kappa shape index (κ2) is 6.07. The van der Waals surface area contributed by atoms with E-state index in [9.17, 15) is 8.42 Å². The molecule has 0 saturated carbocycles. The summed E-state index contributed by atoms with van der Waals surface area (Å²) in [6, 6.07) is 1.57. The first-order valence-corrected chi connectivity index (χ1v) is 8.25. The molecule has 5 nitrogen and oxygen atoms in total. The second-order valence-electron chi connectivity index (χ2n) is 5.18. The maximum atomic E-state index is 12.1. The summed E-state index contributed by atoms with van der Waals surface area (Å²) < 4.78 is 32.2. The lowest BCUT2D eigenvalue weighted by atomic mass is 9.96. The van der Waals surface area contributed by atoms with E-state index in [2.05, 4.69) is 10.0 Å². The van der Waals surface area contributed by atoms with Crippen molar-refractivity contribution in [1.29, 1.82) is 0 Å². The molecule has 2 rings (SSSR count). The van der Waals surface area contributed by atoms with Gasteiger partial charge in [-0.25, -0.2) is 13.1 Å². The van der Waals surface area contributed by atoms with E-state index in [0.29, 0.717) is 24.0 Å². The highest BCUT2D eigenvalue weighted by molar-refractivity contribution is 7.89. The highest BCUT2D eigenvalue weighted by Gasteiger charge is 2.21. The third-order valence-corrected chi connectivity index (χ3v) is 5.10. The highest BCUT2D eigenvalue weighted by Crippen LogP contribution is 2.19. The third-order valence-electron chi connectivity index (χ3n) is 3.53.